The fraction of sp³-hybridized carbons (Fsp3) is 0.524. The maximum Gasteiger partial charge on any atom is 0.303 e. The Morgan fingerprint density at radius 1 is 0.898 bits per heavy atom. The number of carbonyl (C=O) groups is 1. The number of ether oxygens (including phenoxy) is 4. The van der Waals surface area contributed by atoms with Crippen LogP contribution in [0.2, 0.25) is 0 Å². The molecule has 17 heteroatoms. The zero-order chi connectivity index (χ0) is 42.9. The third-order valence-corrected chi connectivity index (χ3v) is 12.4. The molecule has 0 saturated carbocycles. The fourth-order valence-corrected chi connectivity index (χ4v) is 8.22. The van der Waals surface area contributed by atoms with Gasteiger partial charge < -0.3 is 33.4 Å². The molecule has 0 saturated heterocycles. The highest BCUT2D eigenvalue weighted by molar-refractivity contribution is 7.86. The highest BCUT2D eigenvalue weighted by Gasteiger charge is 2.43. The van der Waals surface area contributed by atoms with Crippen LogP contribution in [0, 0.1) is 0 Å². The van der Waals surface area contributed by atoms with Gasteiger partial charge in [0.2, 0.25) is 5.36 Å². The summed E-state index contributed by atoms with van der Waals surface area (Å²) in [5, 5.41) is 10.1. The van der Waals surface area contributed by atoms with E-state index in [9.17, 15) is 31.3 Å². The zero-order valence-corrected chi connectivity index (χ0v) is 36.1. The van der Waals surface area contributed by atoms with Gasteiger partial charge in [0.15, 0.2) is 0 Å². The lowest BCUT2D eigenvalue weighted by molar-refractivity contribution is -0.137. The first-order valence-corrected chi connectivity index (χ1v) is 22.9. The predicted octanol–water partition coefficient (Wildman–Crippen LogP) is 5.20. The molecule has 0 aromatic heterocycles. The van der Waals surface area contributed by atoms with E-state index < -0.39 is 31.6 Å². The van der Waals surface area contributed by atoms with Crippen LogP contribution in [0.5, 0.6) is 0 Å². The molecule has 4 rings (SSSR count). The second-order valence-corrected chi connectivity index (χ2v) is 17.5. The number of nitrogens with zero attached hydrogens (tertiary/aromatic N) is 2. The minimum Gasteiger partial charge on any atom is -0.481 e. The number of unbranched alkanes of at least 4 members (excludes halogenated alkanes) is 2. The van der Waals surface area contributed by atoms with E-state index in [0.717, 1.165) is 40.5 Å². The first-order chi connectivity index (χ1) is 28.2. The van der Waals surface area contributed by atoms with Gasteiger partial charge in [-0.3, -0.25) is 13.5 Å². The molecule has 2 N–H and O–H groups in total. The lowest BCUT2D eigenvalue weighted by Gasteiger charge is -2.30. The summed E-state index contributed by atoms with van der Waals surface area (Å²) in [5.74, 6) is -0.270. The number of benzene rings is 2. The van der Waals surface area contributed by atoms with Crippen molar-refractivity contribution in [1.82, 2.24) is 4.58 Å². The molecule has 1 aliphatic carbocycles. The maximum atomic E-state index is 12.3. The average molecular weight is 864 g/mol. The van der Waals surface area contributed by atoms with Gasteiger partial charge in [0.05, 0.1) is 69.7 Å². The summed E-state index contributed by atoms with van der Waals surface area (Å²) in [6, 6.07) is 12.4. The molecule has 15 nitrogen and oxygen atoms in total. The van der Waals surface area contributed by atoms with E-state index in [1.807, 2.05) is 56.3 Å². The van der Waals surface area contributed by atoms with Crippen molar-refractivity contribution in [3.63, 3.8) is 0 Å². The molecule has 0 fully saturated rings. The monoisotopic (exact) mass is 863 g/mol. The first kappa shape index (κ1) is 47.7. The Bertz CT molecular complexity index is 2150. The van der Waals surface area contributed by atoms with Crippen molar-refractivity contribution >= 4 is 38.0 Å². The van der Waals surface area contributed by atoms with Crippen molar-refractivity contribution in [3.05, 3.63) is 83.1 Å². The number of carboxylic acids is 1. The molecule has 0 bridgehead atoms. The molecule has 1 aromatic rings. The number of fused-ring (bicyclic) bond motifs is 2. The molecule has 0 amide bonds. The predicted molar refractivity (Wildman–Crippen MR) is 225 cm³/mol. The minimum atomic E-state index is -4.50. The van der Waals surface area contributed by atoms with E-state index in [0.29, 0.717) is 104 Å². The lowest BCUT2D eigenvalue weighted by atomic mass is 9.78. The van der Waals surface area contributed by atoms with Crippen LogP contribution in [0.25, 0.3) is 17.4 Å². The number of carboxylic acid groups (broad SMARTS) is 1. The maximum absolute atomic E-state index is 12.3. The second kappa shape index (κ2) is 23.2. The van der Waals surface area contributed by atoms with Gasteiger partial charge in [-0.05, 0) is 80.6 Å². The molecule has 2 heterocycles. The van der Waals surface area contributed by atoms with Crippen LogP contribution in [0.15, 0.2) is 75.9 Å². The normalized spacial score (nSPS) is 17.0. The molecule has 0 spiro atoms. The van der Waals surface area contributed by atoms with Crippen molar-refractivity contribution < 1.29 is 58.8 Å². The third-order valence-electron chi connectivity index (χ3n) is 10.3. The van der Waals surface area contributed by atoms with E-state index in [2.05, 4.69) is 13.7 Å². The highest BCUT2D eigenvalue weighted by atomic mass is 32.2. The highest BCUT2D eigenvalue weighted by Crippen LogP contribution is 2.51. The van der Waals surface area contributed by atoms with Crippen LogP contribution >= 0.6 is 0 Å². The molecule has 1 atom stereocenters. The SMILES string of the molecule is CC[N+](CCCS(=O)(=O)OC)=c1ccc2c(/C=C/C=C3/N(CCCCCC(=O)O)c4ccc(S(=O)(=O)O)cc4C3(C)CCOCCOCCOCCOC)ccoc-2c1. The minimum absolute atomic E-state index is 0.0767. The number of methoxy groups -OCH3 is 1. The van der Waals surface area contributed by atoms with Gasteiger partial charge in [-0.25, -0.2) is 4.58 Å². The summed E-state index contributed by atoms with van der Waals surface area (Å²) >= 11 is 0. The fourth-order valence-electron chi connectivity index (χ4n) is 7.07. The van der Waals surface area contributed by atoms with E-state index in [1.165, 1.54) is 12.1 Å². The summed E-state index contributed by atoms with van der Waals surface area (Å²) in [6.45, 7) is 8.68. The summed E-state index contributed by atoms with van der Waals surface area (Å²) in [7, 11) is -5.27. The Morgan fingerprint density at radius 3 is 2.27 bits per heavy atom. The summed E-state index contributed by atoms with van der Waals surface area (Å²) in [4.78, 5) is 13.1. The molecule has 326 valence electrons. The van der Waals surface area contributed by atoms with Crippen molar-refractivity contribution in [2.24, 2.45) is 0 Å². The number of allylic oxidation sites excluding steroid dienone is 3. The molecular weight excluding hydrogens is 805 g/mol. The third kappa shape index (κ3) is 14.1. The first-order valence-electron chi connectivity index (χ1n) is 19.8. The van der Waals surface area contributed by atoms with E-state index in [1.54, 1.807) is 19.4 Å². The zero-order valence-electron chi connectivity index (χ0n) is 34.5. The number of hydrogen-bond acceptors (Lipinski definition) is 12. The summed E-state index contributed by atoms with van der Waals surface area (Å²) < 4.78 is 93.0. The number of aliphatic carboxylic acids is 1. The van der Waals surface area contributed by atoms with Crippen LogP contribution in [0.1, 0.15) is 63.5 Å². The quantitative estimate of drug-likeness (QED) is 0.0440. The van der Waals surface area contributed by atoms with Crippen LogP contribution in [-0.4, -0.2) is 118 Å². The molecule has 2 aliphatic heterocycles. The molecular formula is C42H59N2O13S2+. The largest absolute Gasteiger partial charge is 0.481 e. The standard InChI is InChI=1S/C42H58N2O13S2/c1-5-43(20-10-30-58(47,48)53-4)34-14-16-36-33(18-22-57-39(36)31-34)11-9-12-40-42(2,19-23-54-26-27-56-29-28-55-25-24-52-3)37-32-35(59(49,50)51)15-17-38(37)44(40)21-8-6-7-13-41(45)46/h9,11-12,14-18,22,31-32H,5-8,10,13,19-21,23-30H2,1-4H3,(H-,45,46,49,50,51)/p+1. The van der Waals surface area contributed by atoms with Gasteiger partial charge >= 0.3 is 5.97 Å². The van der Waals surface area contributed by atoms with Crippen molar-refractivity contribution in [3.8, 4) is 11.3 Å². The Kier molecular flexibility index (Phi) is 18.7. The molecule has 3 aliphatic rings. The topological polar surface area (TPSA) is 191 Å². The number of hydrogen-bond donors (Lipinski definition) is 2. The van der Waals surface area contributed by atoms with Crippen molar-refractivity contribution in [2.75, 3.05) is 90.8 Å². The Hall–Kier alpha value is -3.94. The van der Waals surface area contributed by atoms with Gasteiger partial charge in [-0.15, -0.1) is 0 Å². The Morgan fingerprint density at radius 2 is 1.61 bits per heavy atom. The molecule has 1 unspecified atom stereocenters. The van der Waals surface area contributed by atoms with Crippen LogP contribution in [-0.2, 0) is 53.6 Å². The van der Waals surface area contributed by atoms with Gasteiger partial charge in [0.1, 0.15) is 18.8 Å². The smallest absolute Gasteiger partial charge is 0.303 e. The number of rotatable bonds is 27. The van der Waals surface area contributed by atoms with Gasteiger partial charge in [-0.2, -0.15) is 16.8 Å². The summed E-state index contributed by atoms with van der Waals surface area (Å²) in [6.07, 6.45) is 10.4. The van der Waals surface area contributed by atoms with Crippen LogP contribution < -0.4 is 14.8 Å². The molecule has 0 radical (unpaired) electrons. The van der Waals surface area contributed by atoms with Crippen LogP contribution in [0.4, 0.5) is 5.69 Å². The van der Waals surface area contributed by atoms with E-state index in [4.69, 9.17) is 23.4 Å². The Labute approximate surface area is 348 Å². The van der Waals surface area contributed by atoms with E-state index in [-0.39, 0.29) is 17.1 Å². The number of anilines is 1. The van der Waals surface area contributed by atoms with Crippen LogP contribution in [0.3, 0.4) is 0 Å². The van der Waals surface area contributed by atoms with Gasteiger partial charge in [0.25, 0.3) is 20.2 Å². The lowest BCUT2D eigenvalue weighted by Crippen LogP contribution is -2.31. The molecule has 59 heavy (non-hydrogen) atoms. The van der Waals surface area contributed by atoms with Gasteiger partial charge in [0, 0.05) is 61.5 Å². The molecule has 1 aromatic carbocycles. The van der Waals surface area contributed by atoms with Gasteiger partial charge in [-0.1, -0.05) is 18.6 Å². The Balaban J connectivity index is 1.63. The van der Waals surface area contributed by atoms with Crippen molar-refractivity contribution in [2.45, 2.75) is 62.7 Å². The second-order valence-electron chi connectivity index (χ2n) is 14.3. The van der Waals surface area contributed by atoms with Crippen molar-refractivity contribution in [1.29, 1.82) is 0 Å². The van der Waals surface area contributed by atoms with E-state index >= 15 is 0 Å². The average Bonchev–Trinajstić information content (AvgIpc) is 3.43. The summed E-state index contributed by atoms with van der Waals surface area (Å²) in [5.41, 5.74) is 3.43.